The maximum absolute atomic E-state index is 11.6. The lowest BCUT2D eigenvalue weighted by molar-refractivity contribution is -0.131. The van der Waals surface area contributed by atoms with Crippen LogP contribution in [-0.4, -0.2) is 29.7 Å². The SMILES string of the molecule is CC(=O)CCN1CCC(C)CCC1=O. The van der Waals surface area contributed by atoms with Crippen molar-refractivity contribution in [3.63, 3.8) is 0 Å². The first kappa shape index (κ1) is 11.2. The van der Waals surface area contributed by atoms with E-state index < -0.39 is 0 Å². The maximum atomic E-state index is 11.6. The Bertz CT molecular complexity index is 225. The van der Waals surface area contributed by atoms with Crippen molar-refractivity contribution in [2.45, 2.75) is 39.5 Å². The highest BCUT2D eigenvalue weighted by atomic mass is 16.2. The topological polar surface area (TPSA) is 37.4 Å². The molecule has 1 heterocycles. The summed E-state index contributed by atoms with van der Waals surface area (Å²) in [6.07, 6.45) is 3.22. The predicted molar refractivity (Wildman–Crippen MR) is 54.9 cm³/mol. The highest BCUT2D eigenvalue weighted by Crippen LogP contribution is 2.17. The Hall–Kier alpha value is -0.860. The van der Waals surface area contributed by atoms with Crippen LogP contribution < -0.4 is 0 Å². The quantitative estimate of drug-likeness (QED) is 0.689. The van der Waals surface area contributed by atoms with Crippen molar-refractivity contribution in [1.82, 2.24) is 4.90 Å². The molecule has 0 saturated carbocycles. The molecule has 0 bridgehead atoms. The molecule has 14 heavy (non-hydrogen) atoms. The fourth-order valence-corrected chi connectivity index (χ4v) is 1.70. The minimum Gasteiger partial charge on any atom is -0.342 e. The average molecular weight is 197 g/mol. The second kappa shape index (κ2) is 5.13. The smallest absolute Gasteiger partial charge is 0.222 e. The minimum atomic E-state index is 0.162. The number of carbonyl (C=O) groups is 2. The van der Waals surface area contributed by atoms with Gasteiger partial charge in [0.25, 0.3) is 0 Å². The van der Waals surface area contributed by atoms with Crippen molar-refractivity contribution in [2.75, 3.05) is 13.1 Å². The van der Waals surface area contributed by atoms with Gasteiger partial charge in [-0.15, -0.1) is 0 Å². The third-order valence-electron chi connectivity index (χ3n) is 2.83. The highest BCUT2D eigenvalue weighted by Gasteiger charge is 2.19. The van der Waals surface area contributed by atoms with Crippen molar-refractivity contribution < 1.29 is 9.59 Å². The van der Waals surface area contributed by atoms with Gasteiger partial charge in [-0.3, -0.25) is 9.59 Å². The molecule has 0 aromatic rings. The number of ketones is 1. The van der Waals surface area contributed by atoms with Gasteiger partial charge in [0, 0.05) is 25.9 Å². The summed E-state index contributed by atoms with van der Waals surface area (Å²) in [5.74, 6) is 1.02. The highest BCUT2D eigenvalue weighted by molar-refractivity contribution is 5.79. The van der Waals surface area contributed by atoms with Crippen molar-refractivity contribution in [2.24, 2.45) is 5.92 Å². The molecule has 0 aliphatic carbocycles. The summed E-state index contributed by atoms with van der Waals surface area (Å²) in [5, 5.41) is 0. The van der Waals surface area contributed by atoms with Gasteiger partial charge in [-0.1, -0.05) is 6.92 Å². The Morgan fingerprint density at radius 1 is 1.50 bits per heavy atom. The van der Waals surface area contributed by atoms with E-state index in [1.54, 1.807) is 6.92 Å². The summed E-state index contributed by atoms with van der Waals surface area (Å²) in [6, 6.07) is 0. The Kier molecular flexibility index (Phi) is 4.11. The normalized spacial score (nSPS) is 23.4. The van der Waals surface area contributed by atoms with Crippen molar-refractivity contribution in [3.8, 4) is 0 Å². The van der Waals surface area contributed by atoms with Crippen LogP contribution in [0.25, 0.3) is 0 Å². The molecule has 1 saturated heterocycles. The maximum Gasteiger partial charge on any atom is 0.222 e. The second-order valence-corrected chi connectivity index (χ2v) is 4.27. The minimum absolute atomic E-state index is 0.162. The van der Waals surface area contributed by atoms with Crippen LogP contribution in [0.15, 0.2) is 0 Å². The molecule has 0 radical (unpaired) electrons. The number of carbonyl (C=O) groups excluding carboxylic acids is 2. The van der Waals surface area contributed by atoms with E-state index in [1.165, 1.54) is 0 Å². The van der Waals surface area contributed by atoms with E-state index >= 15 is 0 Å². The first-order valence-corrected chi connectivity index (χ1v) is 5.37. The molecule has 0 spiro atoms. The molecule has 3 heteroatoms. The number of hydrogen-bond acceptors (Lipinski definition) is 2. The zero-order chi connectivity index (χ0) is 10.6. The molecule has 1 fully saturated rings. The van der Waals surface area contributed by atoms with Gasteiger partial charge >= 0.3 is 0 Å². The predicted octanol–water partition coefficient (Wildman–Crippen LogP) is 1.61. The van der Waals surface area contributed by atoms with Crippen molar-refractivity contribution >= 4 is 11.7 Å². The molecule has 80 valence electrons. The van der Waals surface area contributed by atoms with E-state index in [4.69, 9.17) is 0 Å². The number of Topliss-reactive ketones (excluding diaryl/α,β-unsaturated/α-hetero) is 1. The number of nitrogens with zero attached hydrogens (tertiary/aromatic N) is 1. The molecular formula is C11H19NO2. The summed E-state index contributed by atoms with van der Waals surface area (Å²) >= 11 is 0. The Morgan fingerprint density at radius 3 is 2.86 bits per heavy atom. The Balaban J connectivity index is 2.41. The third-order valence-corrected chi connectivity index (χ3v) is 2.83. The summed E-state index contributed by atoms with van der Waals surface area (Å²) in [4.78, 5) is 24.2. The number of amides is 1. The zero-order valence-corrected chi connectivity index (χ0v) is 9.08. The van der Waals surface area contributed by atoms with Crippen LogP contribution in [0.5, 0.6) is 0 Å². The summed E-state index contributed by atoms with van der Waals surface area (Å²) in [6.45, 7) is 5.20. The molecule has 1 unspecified atom stereocenters. The molecule has 1 aliphatic rings. The molecule has 0 N–H and O–H groups in total. The van der Waals surface area contributed by atoms with Gasteiger partial charge in [0.15, 0.2) is 0 Å². The van der Waals surface area contributed by atoms with Crippen LogP contribution in [0.2, 0.25) is 0 Å². The second-order valence-electron chi connectivity index (χ2n) is 4.27. The molecule has 1 atom stereocenters. The van der Waals surface area contributed by atoms with Crippen LogP contribution >= 0.6 is 0 Å². The van der Waals surface area contributed by atoms with Gasteiger partial charge in [-0.2, -0.15) is 0 Å². The van der Waals surface area contributed by atoms with Crippen LogP contribution in [-0.2, 0) is 9.59 Å². The largest absolute Gasteiger partial charge is 0.342 e. The molecule has 1 amide bonds. The summed E-state index contributed by atoms with van der Waals surface area (Å²) < 4.78 is 0. The first-order chi connectivity index (χ1) is 6.59. The average Bonchev–Trinajstić information content (AvgIpc) is 2.27. The number of rotatable bonds is 3. The standard InChI is InChI=1S/C11H19NO2/c1-9-3-4-11(14)12(7-5-9)8-6-10(2)13/h9H,3-8H2,1-2H3. The van der Waals surface area contributed by atoms with Crippen LogP contribution in [0.4, 0.5) is 0 Å². The monoisotopic (exact) mass is 197 g/mol. The molecule has 1 aliphatic heterocycles. The van der Waals surface area contributed by atoms with Crippen LogP contribution in [0, 0.1) is 5.92 Å². The van der Waals surface area contributed by atoms with Gasteiger partial charge in [0.2, 0.25) is 5.91 Å². The van der Waals surface area contributed by atoms with Crippen LogP contribution in [0.1, 0.15) is 39.5 Å². The third kappa shape index (κ3) is 3.48. The van der Waals surface area contributed by atoms with E-state index in [1.807, 2.05) is 4.90 Å². The number of likely N-dealkylation sites (tertiary alicyclic amines) is 1. The van der Waals surface area contributed by atoms with E-state index in [9.17, 15) is 9.59 Å². The fraction of sp³-hybridized carbons (Fsp3) is 0.818. The van der Waals surface area contributed by atoms with Crippen LogP contribution in [0.3, 0.4) is 0 Å². The summed E-state index contributed by atoms with van der Waals surface area (Å²) in [5.41, 5.74) is 0. The summed E-state index contributed by atoms with van der Waals surface area (Å²) in [7, 11) is 0. The molecule has 1 rings (SSSR count). The lowest BCUT2D eigenvalue weighted by Crippen LogP contribution is -2.32. The lowest BCUT2D eigenvalue weighted by atomic mass is 10.0. The Labute approximate surface area is 85.5 Å². The lowest BCUT2D eigenvalue weighted by Gasteiger charge is -2.19. The van der Waals surface area contributed by atoms with Gasteiger partial charge < -0.3 is 4.90 Å². The zero-order valence-electron chi connectivity index (χ0n) is 9.08. The van der Waals surface area contributed by atoms with Gasteiger partial charge in [0.05, 0.1) is 0 Å². The molecule has 3 nitrogen and oxygen atoms in total. The fourth-order valence-electron chi connectivity index (χ4n) is 1.70. The van der Waals surface area contributed by atoms with E-state index in [0.717, 1.165) is 19.4 Å². The molecule has 0 aromatic carbocycles. The van der Waals surface area contributed by atoms with Crippen molar-refractivity contribution in [1.29, 1.82) is 0 Å². The Morgan fingerprint density at radius 2 is 2.21 bits per heavy atom. The van der Waals surface area contributed by atoms with Gasteiger partial charge in [0.1, 0.15) is 5.78 Å². The van der Waals surface area contributed by atoms with Gasteiger partial charge in [-0.25, -0.2) is 0 Å². The number of hydrogen-bond donors (Lipinski definition) is 0. The van der Waals surface area contributed by atoms with E-state index in [-0.39, 0.29) is 11.7 Å². The van der Waals surface area contributed by atoms with E-state index in [2.05, 4.69) is 6.92 Å². The van der Waals surface area contributed by atoms with Gasteiger partial charge in [-0.05, 0) is 25.7 Å². The van der Waals surface area contributed by atoms with Crippen molar-refractivity contribution in [3.05, 3.63) is 0 Å². The molecular weight excluding hydrogens is 178 g/mol. The first-order valence-electron chi connectivity index (χ1n) is 5.37. The molecule has 0 aromatic heterocycles. The van der Waals surface area contributed by atoms with E-state index in [0.29, 0.717) is 25.3 Å².